The molecule has 0 unspecified atom stereocenters. The van der Waals surface area contributed by atoms with Gasteiger partial charge in [0, 0.05) is 12.2 Å². The SMILES string of the molecule is CCCCOc1ccc(NC(=O)NCCc2ccsc2)cc1. The standard InChI is InChI=1S/C17H22N2O2S/c1-2-3-11-21-16-6-4-15(5-7-16)19-17(20)18-10-8-14-9-12-22-13-14/h4-7,9,12-13H,2-3,8,10-11H2,1H3,(H2,18,19,20). The molecule has 0 radical (unpaired) electrons. The van der Waals surface area contributed by atoms with Gasteiger partial charge in [0.15, 0.2) is 0 Å². The van der Waals surface area contributed by atoms with E-state index in [9.17, 15) is 4.79 Å². The Morgan fingerprint density at radius 3 is 2.73 bits per heavy atom. The smallest absolute Gasteiger partial charge is 0.319 e. The topological polar surface area (TPSA) is 50.4 Å². The van der Waals surface area contributed by atoms with Gasteiger partial charge in [0.2, 0.25) is 0 Å². The molecular formula is C17H22N2O2S. The number of amides is 2. The van der Waals surface area contributed by atoms with E-state index < -0.39 is 0 Å². The first kappa shape index (κ1) is 16.4. The van der Waals surface area contributed by atoms with Crippen molar-refractivity contribution in [2.75, 3.05) is 18.5 Å². The van der Waals surface area contributed by atoms with Crippen molar-refractivity contribution in [3.05, 3.63) is 46.7 Å². The van der Waals surface area contributed by atoms with Crippen LogP contribution in [0.3, 0.4) is 0 Å². The fourth-order valence-corrected chi connectivity index (χ4v) is 2.60. The van der Waals surface area contributed by atoms with Crippen molar-refractivity contribution in [1.29, 1.82) is 0 Å². The molecule has 4 nitrogen and oxygen atoms in total. The first-order valence-electron chi connectivity index (χ1n) is 7.56. The lowest BCUT2D eigenvalue weighted by atomic mass is 10.2. The van der Waals surface area contributed by atoms with E-state index in [1.165, 1.54) is 5.56 Å². The average molecular weight is 318 g/mol. The summed E-state index contributed by atoms with van der Waals surface area (Å²) in [6, 6.07) is 9.32. The Morgan fingerprint density at radius 2 is 2.05 bits per heavy atom. The lowest BCUT2D eigenvalue weighted by Gasteiger charge is -2.09. The van der Waals surface area contributed by atoms with Gasteiger partial charge >= 0.3 is 6.03 Å². The molecule has 2 aromatic rings. The summed E-state index contributed by atoms with van der Waals surface area (Å²) in [6.45, 7) is 3.49. The van der Waals surface area contributed by atoms with Crippen LogP contribution in [0.1, 0.15) is 25.3 Å². The van der Waals surface area contributed by atoms with Crippen molar-refractivity contribution in [3.63, 3.8) is 0 Å². The summed E-state index contributed by atoms with van der Waals surface area (Å²) in [4.78, 5) is 11.8. The van der Waals surface area contributed by atoms with E-state index in [4.69, 9.17) is 4.74 Å². The molecule has 22 heavy (non-hydrogen) atoms. The minimum absolute atomic E-state index is 0.185. The Morgan fingerprint density at radius 1 is 1.23 bits per heavy atom. The summed E-state index contributed by atoms with van der Waals surface area (Å²) in [5.74, 6) is 0.830. The van der Waals surface area contributed by atoms with Crippen molar-refractivity contribution >= 4 is 23.1 Å². The molecule has 5 heteroatoms. The number of thiophene rings is 1. The minimum Gasteiger partial charge on any atom is -0.494 e. The van der Waals surface area contributed by atoms with Gasteiger partial charge in [0.05, 0.1) is 6.61 Å². The number of ether oxygens (including phenoxy) is 1. The van der Waals surface area contributed by atoms with Crippen molar-refractivity contribution in [2.45, 2.75) is 26.2 Å². The Kier molecular flexibility index (Phi) is 6.77. The summed E-state index contributed by atoms with van der Waals surface area (Å²) in [5.41, 5.74) is 2.01. The summed E-state index contributed by atoms with van der Waals surface area (Å²) >= 11 is 1.67. The molecule has 1 aromatic heterocycles. The third-order valence-corrected chi connectivity index (χ3v) is 3.89. The maximum atomic E-state index is 11.8. The first-order chi connectivity index (χ1) is 10.8. The highest BCUT2D eigenvalue weighted by atomic mass is 32.1. The number of rotatable bonds is 8. The van der Waals surface area contributed by atoms with Crippen molar-refractivity contribution < 1.29 is 9.53 Å². The molecular weight excluding hydrogens is 296 g/mol. The molecule has 0 aliphatic carbocycles. The first-order valence-corrected chi connectivity index (χ1v) is 8.51. The second-order valence-corrected chi connectivity index (χ2v) is 5.77. The van der Waals surface area contributed by atoms with Crippen LogP contribution < -0.4 is 15.4 Å². The van der Waals surface area contributed by atoms with E-state index in [0.717, 1.165) is 37.3 Å². The van der Waals surface area contributed by atoms with Crippen LogP contribution in [0, 0.1) is 0 Å². The minimum atomic E-state index is -0.185. The predicted octanol–water partition coefficient (Wildman–Crippen LogP) is 4.29. The van der Waals surface area contributed by atoms with Crippen molar-refractivity contribution in [1.82, 2.24) is 5.32 Å². The van der Waals surface area contributed by atoms with Crippen molar-refractivity contribution in [2.24, 2.45) is 0 Å². The molecule has 118 valence electrons. The number of carbonyl (C=O) groups is 1. The quantitative estimate of drug-likeness (QED) is 0.713. The van der Waals surface area contributed by atoms with Gasteiger partial charge in [-0.1, -0.05) is 13.3 Å². The molecule has 0 saturated heterocycles. The lowest BCUT2D eigenvalue weighted by molar-refractivity contribution is 0.252. The monoisotopic (exact) mass is 318 g/mol. The summed E-state index contributed by atoms with van der Waals surface area (Å²) in [7, 11) is 0. The Bertz CT molecular complexity index is 553. The van der Waals surface area contributed by atoms with E-state index in [0.29, 0.717) is 6.54 Å². The van der Waals surface area contributed by atoms with Crippen LogP contribution in [0.2, 0.25) is 0 Å². The molecule has 0 saturated carbocycles. The van der Waals surface area contributed by atoms with Gasteiger partial charge in [-0.15, -0.1) is 0 Å². The molecule has 1 heterocycles. The highest BCUT2D eigenvalue weighted by Gasteiger charge is 2.02. The third kappa shape index (κ3) is 5.77. The Labute approximate surface area is 135 Å². The van der Waals surface area contributed by atoms with Crippen LogP contribution in [-0.2, 0) is 6.42 Å². The number of urea groups is 1. The van der Waals surface area contributed by atoms with Gasteiger partial charge < -0.3 is 15.4 Å². The van der Waals surface area contributed by atoms with Crippen LogP contribution in [-0.4, -0.2) is 19.2 Å². The zero-order valence-corrected chi connectivity index (χ0v) is 13.6. The zero-order valence-electron chi connectivity index (χ0n) is 12.8. The molecule has 2 rings (SSSR count). The predicted molar refractivity (Wildman–Crippen MR) is 91.9 cm³/mol. The zero-order chi connectivity index (χ0) is 15.6. The van der Waals surface area contributed by atoms with E-state index in [1.807, 2.05) is 29.6 Å². The molecule has 0 fully saturated rings. The van der Waals surface area contributed by atoms with Gasteiger partial charge in [-0.2, -0.15) is 11.3 Å². The molecule has 0 bridgehead atoms. The molecule has 2 amide bonds. The largest absolute Gasteiger partial charge is 0.494 e. The molecule has 0 aliphatic heterocycles. The maximum Gasteiger partial charge on any atom is 0.319 e. The number of hydrogen-bond acceptors (Lipinski definition) is 3. The second-order valence-electron chi connectivity index (χ2n) is 4.99. The lowest BCUT2D eigenvalue weighted by Crippen LogP contribution is -2.30. The van der Waals surface area contributed by atoms with Crippen molar-refractivity contribution in [3.8, 4) is 5.75 Å². The number of nitrogens with one attached hydrogen (secondary N) is 2. The summed E-state index contributed by atoms with van der Waals surface area (Å²) in [5, 5.41) is 9.80. The number of benzene rings is 1. The highest BCUT2D eigenvalue weighted by Crippen LogP contribution is 2.16. The number of unbranched alkanes of at least 4 members (excludes halogenated alkanes) is 1. The fourth-order valence-electron chi connectivity index (χ4n) is 1.90. The van der Waals surface area contributed by atoms with Gasteiger partial charge in [0.25, 0.3) is 0 Å². The van der Waals surface area contributed by atoms with E-state index in [1.54, 1.807) is 11.3 Å². The van der Waals surface area contributed by atoms with E-state index in [2.05, 4.69) is 29.0 Å². The Hall–Kier alpha value is -2.01. The number of hydrogen-bond donors (Lipinski definition) is 2. The molecule has 2 N–H and O–H groups in total. The normalized spacial score (nSPS) is 10.2. The van der Waals surface area contributed by atoms with Gasteiger partial charge in [-0.3, -0.25) is 0 Å². The van der Waals surface area contributed by atoms with Crippen LogP contribution >= 0.6 is 11.3 Å². The van der Waals surface area contributed by atoms with Gasteiger partial charge in [0.1, 0.15) is 5.75 Å². The number of anilines is 1. The average Bonchev–Trinajstić information content (AvgIpc) is 3.03. The third-order valence-electron chi connectivity index (χ3n) is 3.16. The second kappa shape index (κ2) is 9.10. The molecule has 0 spiro atoms. The molecule has 1 aromatic carbocycles. The Balaban J connectivity index is 1.69. The number of carbonyl (C=O) groups excluding carboxylic acids is 1. The summed E-state index contributed by atoms with van der Waals surface area (Å²) in [6.07, 6.45) is 3.01. The fraction of sp³-hybridized carbons (Fsp3) is 0.353. The maximum absolute atomic E-state index is 11.8. The molecule has 0 atom stereocenters. The van der Waals surface area contributed by atoms with Crippen LogP contribution in [0.5, 0.6) is 5.75 Å². The van der Waals surface area contributed by atoms with E-state index in [-0.39, 0.29) is 6.03 Å². The van der Waals surface area contributed by atoms with E-state index >= 15 is 0 Å². The summed E-state index contributed by atoms with van der Waals surface area (Å²) < 4.78 is 5.59. The van der Waals surface area contributed by atoms with Gasteiger partial charge in [-0.05, 0) is 59.5 Å². The van der Waals surface area contributed by atoms with Crippen LogP contribution in [0.15, 0.2) is 41.1 Å². The van der Waals surface area contributed by atoms with Crippen LogP contribution in [0.25, 0.3) is 0 Å². The molecule has 0 aliphatic rings. The van der Waals surface area contributed by atoms with Crippen LogP contribution in [0.4, 0.5) is 10.5 Å². The van der Waals surface area contributed by atoms with Gasteiger partial charge in [-0.25, -0.2) is 4.79 Å². The highest BCUT2D eigenvalue weighted by molar-refractivity contribution is 7.07.